The molecule has 0 unspecified atom stereocenters. The molecule has 0 bridgehead atoms. The van der Waals surface area contributed by atoms with Crippen LogP contribution in [0.25, 0.3) is 21.3 Å². The predicted octanol–water partition coefficient (Wildman–Crippen LogP) is 4.71. The Morgan fingerprint density at radius 2 is 2.03 bits per heavy atom. The molecular weight excluding hydrogens is 388 g/mol. The van der Waals surface area contributed by atoms with Crippen LogP contribution in [0.4, 0.5) is 5.69 Å². The minimum Gasteiger partial charge on any atom is -0.504 e. The number of carbonyl (C=O) groups is 1. The zero-order valence-corrected chi connectivity index (χ0v) is 17.4. The topological polar surface area (TPSA) is 94.7 Å². The maximum absolute atomic E-state index is 12.4. The Hall–Kier alpha value is -2.80. The van der Waals surface area contributed by atoms with Crippen molar-refractivity contribution >= 4 is 33.2 Å². The molecule has 0 amide bonds. The van der Waals surface area contributed by atoms with Crippen molar-refractivity contribution in [3.63, 3.8) is 0 Å². The smallest absolute Gasteiger partial charge is 0.350 e. The molecule has 1 aliphatic rings. The molecule has 0 saturated heterocycles. The molecular formula is C22H24N2O4S. The number of aryl methyl sites for hydroxylation is 1. The standard InChI is InChI=1S/C22H24N2O4S/c1-3-27-16-11-12(9-10-15(16)25)17-13-7-5-6-8-14(13)24-21-18(17)19(23)20(29-21)22(26)28-4-2/h9-11,25H,3-8,23H2,1-2H3. The van der Waals surface area contributed by atoms with Gasteiger partial charge in [0.15, 0.2) is 11.5 Å². The highest BCUT2D eigenvalue weighted by atomic mass is 32.1. The van der Waals surface area contributed by atoms with E-state index >= 15 is 0 Å². The third-order valence-electron chi connectivity index (χ3n) is 5.16. The van der Waals surface area contributed by atoms with Crippen molar-refractivity contribution in [3.05, 3.63) is 34.3 Å². The van der Waals surface area contributed by atoms with Crippen molar-refractivity contribution in [3.8, 4) is 22.6 Å². The minimum absolute atomic E-state index is 0.0975. The lowest BCUT2D eigenvalue weighted by molar-refractivity contribution is 0.0533. The van der Waals surface area contributed by atoms with Gasteiger partial charge in [0, 0.05) is 11.1 Å². The summed E-state index contributed by atoms with van der Waals surface area (Å²) in [6.07, 6.45) is 3.98. The first kappa shape index (κ1) is 19.5. The number of carbonyl (C=O) groups excluding carboxylic acids is 1. The number of thiophene rings is 1. The average molecular weight is 413 g/mol. The van der Waals surface area contributed by atoms with Crippen molar-refractivity contribution in [2.24, 2.45) is 0 Å². The zero-order chi connectivity index (χ0) is 20.5. The van der Waals surface area contributed by atoms with Crippen LogP contribution in [0, 0.1) is 0 Å². The highest BCUT2D eigenvalue weighted by Crippen LogP contribution is 2.45. The van der Waals surface area contributed by atoms with E-state index < -0.39 is 5.97 Å². The summed E-state index contributed by atoms with van der Waals surface area (Å²) in [4.78, 5) is 18.4. The van der Waals surface area contributed by atoms with Crippen LogP contribution < -0.4 is 10.5 Å². The monoisotopic (exact) mass is 412 g/mol. The number of ether oxygens (including phenoxy) is 2. The van der Waals surface area contributed by atoms with E-state index in [0.29, 0.717) is 29.5 Å². The Balaban J connectivity index is 2.01. The highest BCUT2D eigenvalue weighted by molar-refractivity contribution is 7.21. The van der Waals surface area contributed by atoms with Crippen LogP contribution in [0.2, 0.25) is 0 Å². The first-order valence-electron chi connectivity index (χ1n) is 9.92. The van der Waals surface area contributed by atoms with Crippen LogP contribution in [-0.4, -0.2) is 29.3 Å². The van der Waals surface area contributed by atoms with Gasteiger partial charge in [0.25, 0.3) is 0 Å². The van der Waals surface area contributed by atoms with E-state index in [2.05, 4.69) is 0 Å². The lowest BCUT2D eigenvalue weighted by Gasteiger charge is -2.20. The number of rotatable bonds is 5. The number of phenolic OH excluding ortho intramolecular Hbond substituents is 1. The number of aromatic nitrogens is 1. The predicted molar refractivity (Wildman–Crippen MR) is 115 cm³/mol. The quantitative estimate of drug-likeness (QED) is 0.590. The molecule has 0 atom stereocenters. The molecule has 0 saturated carbocycles. The van der Waals surface area contributed by atoms with Crippen molar-refractivity contribution < 1.29 is 19.4 Å². The number of nitrogen functional groups attached to an aromatic ring is 1. The molecule has 29 heavy (non-hydrogen) atoms. The number of nitrogens with two attached hydrogens (primary N) is 1. The lowest BCUT2D eigenvalue weighted by atomic mass is 9.87. The molecule has 1 aromatic carbocycles. The summed E-state index contributed by atoms with van der Waals surface area (Å²) >= 11 is 1.28. The molecule has 1 aliphatic carbocycles. The number of aromatic hydroxyl groups is 1. The van der Waals surface area contributed by atoms with E-state index in [4.69, 9.17) is 20.2 Å². The summed E-state index contributed by atoms with van der Waals surface area (Å²) in [5.41, 5.74) is 11.0. The summed E-state index contributed by atoms with van der Waals surface area (Å²) < 4.78 is 10.8. The van der Waals surface area contributed by atoms with E-state index in [1.54, 1.807) is 13.0 Å². The molecule has 152 valence electrons. The summed E-state index contributed by atoms with van der Waals surface area (Å²) in [5, 5.41) is 10.9. The van der Waals surface area contributed by atoms with Gasteiger partial charge in [-0.2, -0.15) is 0 Å². The van der Waals surface area contributed by atoms with Gasteiger partial charge in [0.2, 0.25) is 0 Å². The normalized spacial score (nSPS) is 13.3. The maximum Gasteiger partial charge on any atom is 0.350 e. The second kappa shape index (κ2) is 7.91. The lowest BCUT2D eigenvalue weighted by Crippen LogP contribution is -2.08. The molecule has 6 nitrogen and oxygen atoms in total. The van der Waals surface area contributed by atoms with Crippen LogP contribution >= 0.6 is 11.3 Å². The van der Waals surface area contributed by atoms with Gasteiger partial charge in [0.1, 0.15) is 9.71 Å². The fourth-order valence-electron chi connectivity index (χ4n) is 3.91. The number of pyridine rings is 1. The third-order valence-corrected chi connectivity index (χ3v) is 6.24. The molecule has 2 aromatic heterocycles. The SMILES string of the molecule is CCOC(=O)c1sc2nc3c(c(-c4ccc(O)c(OCC)c4)c2c1N)CCCC3. The number of esters is 1. The minimum atomic E-state index is -0.419. The average Bonchev–Trinajstić information content (AvgIpc) is 3.05. The van der Waals surface area contributed by atoms with Gasteiger partial charge in [-0.15, -0.1) is 11.3 Å². The van der Waals surface area contributed by atoms with Crippen LogP contribution in [0.15, 0.2) is 18.2 Å². The number of phenols is 1. The van der Waals surface area contributed by atoms with Gasteiger partial charge in [-0.1, -0.05) is 6.07 Å². The first-order valence-corrected chi connectivity index (χ1v) is 10.7. The fourth-order valence-corrected chi connectivity index (χ4v) is 4.93. The summed E-state index contributed by atoms with van der Waals surface area (Å²) in [6, 6.07) is 5.34. The van der Waals surface area contributed by atoms with Crippen molar-refractivity contribution in [1.82, 2.24) is 4.98 Å². The summed E-state index contributed by atoms with van der Waals surface area (Å²) in [7, 11) is 0. The van der Waals surface area contributed by atoms with E-state index in [1.807, 2.05) is 19.1 Å². The Morgan fingerprint density at radius 3 is 2.79 bits per heavy atom. The molecule has 4 rings (SSSR count). The van der Waals surface area contributed by atoms with Gasteiger partial charge >= 0.3 is 5.97 Å². The van der Waals surface area contributed by atoms with Crippen LogP contribution in [0.3, 0.4) is 0 Å². The number of fused-ring (bicyclic) bond motifs is 2. The summed E-state index contributed by atoms with van der Waals surface area (Å²) in [5.74, 6) is 0.108. The van der Waals surface area contributed by atoms with E-state index in [9.17, 15) is 9.90 Å². The van der Waals surface area contributed by atoms with Gasteiger partial charge < -0.3 is 20.3 Å². The number of benzene rings is 1. The highest BCUT2D eigenvalue weighted by Gasteiger charge is 2.26. The van der Waals surface area contributed by atoms with Crippen LogP contribution in [-0.2, 0) is 17.6 Å². The van der Waals surface area contributed by atoms with Gasteiger partial charge in [-0.05, 0) is 68.4 Å². The Labute approximate surface area is 173 Å². The first-order chi connectivity index (χ1) is 14.0. The zero-order valence-electron chi connectivity index (χ0n) is 16.6. The molecule has 0 spiro atoms. The molecule has 7 heteroatoms. The molecule has 0 aliphatic heterocycles. The summed E-state index contributed by atoms with van der Waals surface area (Å²) in [6.45, 7) is 4.39. The van der Waals surface area contributed by atoms with E-state index in [0.717, 1.165) is 58.3 Å². The largest absolute Gasteiger partial charge is 0.504 e. The van der Waals surface area contributed by atoms with E-state index in [-0.39, 0.29) is 5.75 Å². The molecule has 3 N–H and O–H groups in total. The number of anilines is 1. The third kappa shape index (κ3) is 3.40. The molecule has 3 aromatic rings. The number of nitrogens with zero attached hydrogens (tertiary/aromatic N) is 1. The van der Waals surface area contributed by atoms with Crippen LogP contribution in [0.5, 0.6) is 11.5 Å². The second-order valence-corrected chi connectivity index (χ2v) is 7.98. The molecule has 2 heterocycles. The van der Waals surface area contributed by atoms with Gasteiger partial charge in [0.05, 0.1) is 18.9 Å². The Bertz CT molecular complexity index is 1090. The Kier molecular flexibility index (Phi) is 5.32. The molecule has 0 radical (unpaired) electrons. The second-order valence-electron chi connectivity index (χ2n) is 6.98. The van der Waals surface area contributed by atoms with Gasteiger partial charge in [-0.25, -0.2) is 9.78 Å². The maximum atomic E-state index is 12.4. The van der Waals surface area contributed by atoms with Crippen molar-refractivity contribution in [2.75, 3.05) is 18.9 Å². The van der Waals surface area contributed by atoms with E-state index in [1.165, 1.54) is 11.3 Å². The van der Waals surface area contributed by atoms with Crippen LogP contribution in [0.1, 0.15) is 47.6 Å². The van der Waals surface area contributed by atoms with Crippen molar-refractivity contribution in [2.45, 2.75) is 39.5 Å². The van der Waals surface area contributed by atoms with Gasteiger partial charge in [-0.3, -0.25) is 0 Å². The van der Waals surface area contributed by atoms with Crippen molar-refractivity contribution in [1.29, 1.82) is 0 Å². The number of hydrogen-bond acceptors (Lipinski definition) is 7. The molecule has 0 fully saturated rings. The number of hydrogen-bond donors (Lipinski definition) is 2. The fraction of sp³-hybridized carbons (Fsp3) is 0.364. The Morgan fingerprint density at radius 1 is 1.24 bits per heavy atom.